The third kappa shape index (κ3) is 4.04. The van der Waals surface area contributed by atoms with Gasteiger partial charge >= 0.3 is 18.2 Å². The number of hydrogen-bond donors (Lipinski definition) is 3. The van der Waals surface area contributed by atoms with Crippen molar-refractivity contribution in [2.75, 3.05) is 25.0 Å². The molecule has 0 radical (unpaired) electrons. The van der Waals surface area contributed by atoms with Gasteiger partial charge in [0, 0.05) is 36.3 Å². The Morgan fingerprint density at radius 1 is 1.27 bits per heavy atom. The second kappa shape index (κ2) is 8.76. The molecule has 13 heteroatoms. The first kappa shape index (κ1) is 24.6. The van der Waals surface area contributed by atoms with Crippen molar-refractivity contribution in [3.63, 3.8) is 0 Å². The Hall–Kier alpha value is -4.13. The topological polar surface area (TPSA) is 128 Å². The number of aromatic nitrogens is 2. The minimum atomic E-state index is -5.32. The summed E-state index contributed by atoms with van der Waals surface area (Å²) in [4.78, 5) is 46.3. The molecule has 0 aliphatic carbocycles. The summed E-state index contributed by atoms with van der Waals surface area (Å²) in [5.41, 5.74) is -1.33. The van der Waals surface area contributed by atoms with Crippen LogP contribution in [0.4, 0.5) is 23.9 Å². The van der Waals surface area contributed by atoms with Crippen LogP contribution in [0.3, 0.4) is 0 Å². The predicted molar refractivity (Wildman–Crippen MR) is 124 cm³/mol. The fraction of sp³-hybridized carbons (Fsp3) is 0.333. The van der Waals surface area contributed by atoms with Gasteiger partial charge in [0.25, 0.3) is 5.91 Å². The number of nitrogens with one attached hydrogen (secondary N) is 2. The highest BCUT2D eigenvalue weighted by molar-refractivity contribution is 6.01. The fourth-order valence-corrected chi connectivity index (χ4v) is 4.87. The van der Waals surface area contributed by atoms with Crippen LogP contribution >= 0.6 is 0 Å². The molecule has 194 valence electrons. The first-order chi connectivity index (χ1) is 17.5. The van der Waals surface area contributed by atoms with E-state index < -0.39 is 29.9 Å². The normalized spacial score (nSPS) is 21.4. The van der Waals surface area contributed by atoms with Crippen LogP contribution in [0.2, 0.25) is 0 Å². The Labute approximate surface area is 208 Å². The number of carbonyl (C=O) groups is 3. The molecular formula is C24H22F3N5O5. The number of fused-ring (bicyclic) bond motifs is 2. The third-order valence-corrected chi connectivity index (χ3v) is 6.65. The van der Waals surface area contributed by atoms with Crippen molar-refractivity contribution < 1.29 is 37.4 Å². The van der Waals surface area contributed by atoms with Crippen LogP contribution < -0.4 is 10.2 Å². The maximum atomic E-state index is 13.6. The molecule has 2 aromatic carbocycles. The van der Waals surface area contributed by atoms with Crippen LogP contribution in [0.15, 0.2) is 42.5 Å². The number of amides is 2. The number of benzene rings is 2. The van der Waals surface area contributed by atoms with E-state index in [4.69, 9.17) is 4.74 Å². The van der Waals surface area contributed by atoms with Gasteiger partial charge in [0.05, 0.1) is 11.0 Å². The predicted octanol–water partition coefficient (Wildman–Crippen LogP) is 3.19. The first-order valence-electron chi connectivity index (χ1n) is 11.4. The third-order valence-electron chi connectivity index (χ3n) is 6.65. The second-order valence-corrected chi connectivity index (χ2v) is 8.92. The minimum absolute atomic E-state index is 0.00728. The number of carboxylic acid groups (broad SMARTS) is 1. The van der Waals surface area contributed by atoms with Crippen molar-refractivity contribution in [1.29, 1.82) is 0 Å². The SMILES string of the molecule is CN(C(=O)O)c1nc2ccc(C3(OC(=O)C(F)(F)F)c4ccccc4C(=O)N3CC3CCCN3)cc2[nH]1. The van der Waals surface area contributed by atoms with Gasteiger partial charge in [-0.25, -0.2) is 14.6 Å². The lowest BCUT2D eigenvalue weighted by molar-refractivity contribution is -0.222. The Morgan fingerprint density at radius 2 is 2.03 bits per heavy atom. The van der Waals surface area contributed by atoms with E-state index in [0.717, 1.165) is 16.2 Å². The molecule has 1 fully saturated rings. The van der Waals surface area contributed by atoms with E-state index in [1.165, 1.54) is 37.4 Å². The van der Waals surface area contributed by atoms with E-state index >= 15 is 0 Å². The summed E-state index contributed by atoms with van der Waals surface area (Å²) in [6.45, 7) is 0.682. The molecule has 2 atom stereocenters. The van der Waals surface area contributed by atoms with Crippen molar-refractivity contribution in [3.8, 4) is 0 Å². The molecule has 0 saturated carbocycles. The van der Waals surface area contributed by atoms with E-state index in [1.54, 1.807) is 12.1 Å². The van der Waals surface area contributed by atoms with Gasteiger partial charge in [-0.05, 0) is 37.6 Å². The molecule has 10 nitrogen and oxygen atoms in total. The van der Waals surface area contributed by atoms with Gasteiger partial charge in [-0.15, -0.1) is 0 Å². The van der Waals surface area contributed by atoms with E-state index in [2.05, 4.69) is 15.3 Å². The first-order valence-corrected chi connectivity index (χ1v) is 11.4. The van der Waals surface area contributed by atoms with Crippen LogP contribution in [0, 0.1) is 0 Å². The number of hydrogen-bond acceptors (Lipinski definition) is 6. The molecule has 0 bridgehead atoms. The molecule has 2 aliphatic heterocycles. The van der Waals surface area contributed by atoms with Crippen LogP contribution in [-0.4, -0.2) is 70.3 Å². The second-order valence-electron chi connectivity index (χ2n) is 8.92. The van der Waals surface area contributed by atoms with Crippen molar-refractivity contribution in [1.82, 2.24) is 20.2 Å². The van der Waals surface area contributed by atoms with E-state index in [9.17, 15) is 32.7 Å². The van der Waals surface area contributed by atoms with Gasteiger partial charge in [-0.1, -0.05) is 24.3 Å². The average molecular weight is 517 g/mol. The van der Waals surface area contributed by atoms with Gasteiger partial charge < -0.3 is 20.1 Å². The number of imidazole rings is 1. The van der Waals surface area contributed by atoms with Crippen LogP contribution in [0.5, 0.6) is 0 Å². The summed E-state index contributed by atoms with van der Waals surface area (Å²) in [6, 6.07) is 10.1. The zero-order valence-corrected chi connectivity index (χ0v) is 19.5. The van der Waals surface area contributed by atoms with Gasteiger partial charge in [-0.2, -0.15) is 13.2 Å². The maximum absolute atomic E-state index is 13.6. The fourth-order valence-electron chi connectivity index (χ4n) is 4.87. The lowest BCUT2D eigenvalue weighted by atomic mass is 9.92. The lowest BCUT2D eigenvalue weighted by Gasteiger charge is -2.40. The van der Waals surface area contributed by atoms with E-state index in [1.807, 2.05) is 0 Å². The standard InChI is InChI=1S/C24H22F3N5O5/c1-31(22(35)36)21-29-17-9-8-13(11-18(17)30-21)23(37-20(34)24(25,26)27)16-7-3-2-6-15(16)19(33)32(23)12-14-5-4-10-28-14/h2-3,6-9,11,14,28H,4-5,10,12H2,1H3,(H,29,30)(H,35,36). The Bertz CT molecular complexity index is 1400. The van der Waals surface area contributed by atoms with Gasteiger partial charge in [0.1, 0.15) is 0 Å². The zero-order chi connectivity index (χ0) is 26.5. The highest BCUT2D eigenvalue weighted by Gasteiger charge is 2.58. The number of rotatable bonds is 5. The van der Waals surface area contributed by atoms with Crippen molar-refractivity contribution in [3.05, 3.63) is 59.2 Å². The largest absolute Gasteiger partial charge is 0.491 e. The number of anilines is 1. The number of ether oxygens (including phenoxy) is 1. The molecule has 5 rings (SSSR count). The van der Waals surface area contributed by atoms with Gasteiger partial charge in [0.2, 0.25) is 11.7 Å². The molecular weight excluding hydrogens is 495 g/mol. The minimum Gasteiger partial charge on any atom is -0.465 e. The molecule has 37 heavy (non-hydrogen) atoms. The summed E-state index contributed by atoms with van der Waals surface area (Å²) >= 11 is 0. The van der Waals surface area contributed by atoms with Crippen molar-refractivity contribution in [2.24, 2.45) is 0 Å². The van der Waals surface area contributed by atoms with E-state index in [-0.39, 0.29) is 40.7 Å². The van der Waals surface area contributed by atoms with Crippen molar-refractivity contribution >= 4 is 35.0 Å². The number of H-pyrrole nitrogens is 1. The van der Waals surface area contributed by atoms with Crippen LogP contribution in [0.25, 0.3) is 11.0 Å². The molecule has 3 heterocycles. The maximum Gasteiger partial charge on any atom is 0.491 e. The highest BCUT2D eigenvalue weighted by Crippen LogP contribution is 2.47. The molecule has 0 spiro atoms. The number of aromatic amines is 1. The molecule has 3 aromatic rings. The van der Waals surface area contributed by atoms with Crippen LogP contribution in [-0.2, 0) is 15.3 Å². The average Bonchev–Trinajstić information content (AvgIpc) is 3.58. The lowest BCUT2D eigenvalue weighted by Crippen LogP contribution is -2.53. The Morgan fingerprint density at radius 3 is 2.70 bits per heavy atom. The number of carbonyl (C=O) groups excluding carboxylic acids is 2. The van der Waals surface area contributed by atoms with E-state index in [0.29, 0.717) is 18.5 Å². The molecule has 2 unspecified atom stereocenters. The van der Waals surface area contributed by atoms with Crippen LogP contribution in [0.1, 0.15) is 34.3 Å². The Balaban J connectivity index is 1.72. The monoisotopic (exact) mass is 517 g/mol. The smallest absolute Gasteiger partial charge is 0.465 e. The van der Waals surface area contributed by atoms with Crippen molar-refractivity contribution in [2.45, 2.75) is 30.8 Å². The summed E-state index contributed by atoms with van der Waals surface area (Å²) in [7, 11) is 1.27. The quantitative estimate of drug-likeness (QED) is 0.444. The summed E-state index contributed by atoms with van der Waals surface area (Å²) in [5.74, 6) is -3.04. The molecule has 1 saturated heterocycles. The zero-order valence-electron chi connectivity index (χ0n) is 19.5. The molecule has 1 aromatic heterocycles. The number of alkyl halides is 3. The number of halogens is 3. The van der Waals surface area contributed by atoms with Gasteiger partial charge in [0.15, 0.2) is 0 Å². The Kier molecular flexibility index (Phi) is 5.82. The molecule has 2 amide bonds. The van der Waals surface area contributed by atoms with Gasteiger partial charge in [-0.3, -0.25) is 14.6 Å². The number of nitrogens with zero attached hydrogens (tertiary/aromatic N) is 3. The summed E-state index contributed by atoms with van der Waals surface area (Å²) < 4.78 is 45.9. The summed E-state index contributed by atoms with van der Waals surface area (Å²) in [6.07, 6.45) is -5.08. The summed E-state index contributed by atoms with van der Waals surface area (Å²) in [5, 5.41) is 12.5. The number of esters is 1. The molecule has 3 N–H and O–H groups in total. The molecule has 2 aliphatic rings. The highest BCUT2D eigenvalue weighted by atomic mass is 19.4.